The quantitative estimate of drug-likeness (QED) is 0.465. The third kappa shape index (κ3) is 5.11. The molecule has 0 radical (unpaired) electrons. The number of hydrogen-bond acceptors (Lipinski definition) is 5. The average Bonchev–Trinajstić information content (AvgIpc) is 3.65. The number of methoxy groups -OCH3 is 2. The molecule has 0 spiro atoms. The predicted molar refractivity (Wildman–Crippen MR) is 133 cm³/mol. The first-order valence-corrected chi connectivity index (χ1v) is 11.2. The Bertz CT molecular complexity index is 1200. The molecule has 1 fully saturated rings. The van der Waals surface area contributed by atoms with Gasteiger partial charge in [-0.15, -0.1) is 0 Å². The molecule has 172 valence electrons. The number of aromatic nitrogens is 1. The highest BCUT2D eigenvalue weighted by Gasteiger charge is 2.32. The molecule has 6 nitrogen and oxygen atoms in total. The van der Waals surface area contributed by atoms with Crippen molar-refractivity contribution in [2.24, 2.45) is 0 Å². The lowest BCUT2D eigenvalue weighted by Gasteiger charge is -2.24. The molecule has 1 aromatic heterocycles. The lowest BCUT2D eigenvalue weighted by Crippen LogP contribution is -2.32. The zero-order chi connectivity index (χ0) is 23.5. The van der Waals surface area contributed by atoms with Crippen LogP contribution in [-0.4, -0.2) is 50.1 Å². The number of carbonyl (C=O) groups excluding carboxylic acids is 1. The number of amides is 1. The lowest BCUT2D eigenvalue weighted by atomic mass is 10.1. The topological polar surface area (TPSA) is 54.9 Å². The minimum Gasteiger partial charge on any atom is -0.493 e. The Morgan fingerprint density at radius 2 is 1.82 bits per heavy atom. The van der Waals surface area contributed by atoms with Crippen LogP contribution in [0, 0.1) is 6.92 Å². The molecule has 0 N–H and O–H groups in total. The van der Waals surface area contributed by atoms with Crippen molar-refractivity contribution in [1.29, 1.82) is 0 Å². The van der Waals surface area contributed by atoms with E-state index in [1.54, 1.807) is 20.3 Å². The fourth-order valence-electron chi connectivity index (χ4n) is 3.99. The van der Waals surface area contributed by atoms with Gasteiger partial charge < -0.3 is 19.3 Å². The summed E-state index contributed by atoms with van der Waals surface area (Å²) in [5.41, 5.74) is 4.09. The molecule has 6 heteroatoms. The molecule has 1 aliphatic carbocycles. The molecule has 0 bridgehead atoms. The number of nitrogens with zero attached hydrogens (tertiary/aromatic N) is 3. The Morgan fingerprint density at radius 1 is 1.06 bits per heavy atom. The SMILES string of the molecule is COc1ccc(C=CC(=O)N(Cc2cc3ccc(C)cc3nc2N(C)C)C2CC2)cc1OC. The number of aryl methyl sites for hydroxylation is 1. The van der Waals surface area contributed by atoms with E-state index in [0.29, 0.717) is 18.0 Å². The number of benzene rings is 2. The maximum atomic E-state index is 13.2. The molecule has 1 heterocycles. The van der Waals surface area contributed by atoms with Crippen LogP contribution in [0.15, 0.2) is 48.5 Å². The van der Waals surface area contributed by atoms with E-state index in [2.05, 4.69) is 31.2 Å². The zero-order valence-corrected chi connectivity index (χ0v) is 20.0. The monoisotopic (exact) mass is 445 g/mol. The van der Waals surface area contributed by atoms with Gasteiger partial charge in [-0.25, -0.2) is 4.98 Å². The fourth-order valence-corrected chi connectivity index (χ4v) is 3.99. The van der Waals surface area contributed by atoms with E-state index in [0.717, 1.165) is 40.7 Å². The number of carbonyl (C=O) groups is 1. The summed E-state index contributed by atoms with van der Waals surface area (Å²) in [5.74, 6) is 2.20. The van der Waals surface area contributed by atoms with E-state index in [1.165, 1.54) is 5.56 Å². The fraction of sp³-hybridized carbons (Fsp3) is 0.333. The Hall–Kier alpha value is -3.54. The van der Waals surface area contributed by atoms with Gasteiger partial charge in [0.25, 0.3) is 0 Å². The minimum atomic E-state index is 0.000920. The van der Waals surface area contributed by atoms with Crippen molar-refractivity contribution in [3.63, 3.8) is 0 Å². The molecule has 3 aromatic rings. The van der Waals surface area contributed by atoms with Gasteiger partial charge in [-0.3, -0.25) is 4.79 Å². The van der Waals surface area contributed by atoms with Gasteiger partial charge in [0.05, 0.1) is 19.7 Å². The summed E-state index contributed by atoms with van der Waals surface area (Å²) in [6.07, 6.45) is 5.54. The first kappa shape index (κ1) is 22.6. The van der Waals surface area contributed by atoms with Gasteiger partial charge in [0.1, 0.15) is 5.82 Å². The second kappa shape index (κ2) is 9.53. The van der Waals surface area contributed by atoms with Crippen LogP contribution >= 0.6 is 0 Å². The van der Waals surface area contributed by atoms with E-state index in [-0.39, 0.29) is 11.9 Å². The third-order valence-corrected chi connectivity index (χ3v) is 5.89. The van der Waals surface area contributed by atoms with Crippen LogP contribution in [-0.2, 0) is 11.3 Å². The Balaban J connectivity index is 1.60. The summed E-state index contributed by atoms with van der Waals surface area (Å²) in [4.78, 5) is 22.1. The molecule has 2 aromatic carbocycles. The first-order valence-electron chi connectivity index (χ1n) is 11.2. The molecule has 4 rings (SSSR count). The third-order valence-electron chi connectivity index (χ3n) is 5.89. The summed E-state index contributed by atoms with van der Waals surface area (Å²) in [5, 5.41) is 1.09. The molecule has 1 amide bonds. The van der Waals surface area contributed by atoms with E-state index < -0.39 is 0 Å². The van der Waals surface area contributed by atoms with Crippen LogP contribution in [0.1, 0.15) is 29.5 Å². The molecular weight excluding hydrogens is 414 g/mol. The number of pyridine rings is 1. The Kier molecular flexibility index (Phi) is 6.54. The molecule has 1 aliphatic rings. The molecule has 0 saturated heterocycles. The first-order chi connectivity index (χ1) is 15.9. The van der Waals surface area contributed by atoms with E-state index >= 15 is 0 Å². The zero-order valence-electron chi connectivity index (χ0n) is 20.0. The molecule has 0 aliphatic heterocycles. The highest BCUT2D eigenvalue weighted by atomic mass is 16.5. The molecule has 1 saturated carbocycles. The smallest absolute Gasteiger partial charge is 0.247 e. The number of rotatable bonds is 8. The van der Waals surface area contributed by atoms with Crippen LogP contribution in [0.25, 0.3) is 17.0 Å². The molecule has 0 atom stereocenters. The maximum Gasteiger partial charge on any atom is 0.247 e. The lowest BCUT2D eigenvalue weighted by molar-refractivity contribution is -0.127. The van der Waals surface area contributed by atoms with Crippen molar-refractivity contribution >= 4 is 28.7 Å². The van der Waals surface area contributed by atoms with Gasteiger partial charge in [-0.1, -0.05) is 18.2 Å². The molecule has 33 heavy (non-hydrogen) atoms. The van der Waals surface area contributed by atoms with Gasteiger partial charge in [0, 0.05) is 43.7 Å². The van der Waals surface area contributed by atoms with Crippen molar-refractivity contribution in [1.82, 2.24) is 9.88 Å². The highest BCUT2D eigenvalue weighted by molar-refractivity contribution is 5.92. The van der Waals surface area contributed by atoms with E-state index in [9.17, 15) is 4.79 Å². The van der Waals surface area contributed by atoms with Crippen LogP contribution in [0.4, 0.5) is 5.82 Å². The summed E-state index contributed by atoms with van der Waals surface area (Å²) >= 11 is 0. The van der Waals surface area contributed by atoms with Crippen LogP contribution in [0.5, 0.6) is 11.5 Å². The summed E-state index contributed by atoms with van der Waals surface area (Å²) in [7, 11) is 7.20. The number of hydrogen-bond donors (Lipinski definition) is 0. The normalized spacial score (nSPS) is 13.4. The van der Waals surface area contributed by atoms with Gasteiger partial charge in [-0.2, -0.15) is 0 Å². The molecule has 0 unspecified atom stereocenters. The van der Waals surface area contributed by atoms with Gasteiger partial charge >= 0.3 is 0 Å². The van der Waals surface area contributed by atoms with Crippen molar-refractivity contribution in [2.75, 3.05) is 33.2 Å². The Morgan fingerprint density at radius 3 is 2.48 bits per heavy atom. The standard InChI is InChI=1S/C27H31N3O3/c1-18-6-9-20-16-21(27(29(2)3)28-23(20)14-18)17-30(22-10-11-22)26(31)13-8-19-7-12-24(32-4)25(15-19)33-5/h6-9,12-16,22H,10-11,17H2,1-5H3. The van der Waals surface area contributed by atoms with E-state index in [4.69, 9.17) is 14.5 Å². The summed E-state index contributed by atoms with van der Waals surface area (Å²) < 4.78 is 10.7. The van der Waals surface area contributed by atoms with Crippen LogP contribution in [0.3, 0.4) is 0 Å². The van der Waals surface area contributed by atoms with Gasteiger partial charge in [0.2, 0.25) is 5.91 Å². The Labute approximate surface area is 195 Å². The summed E-state index contributed by atoms with van der Waals surface area (Å²) in [6, 6.07) is 14.3. The predicted octanol–water partition coefficient (Wildman–Crippen LogP) is 4.83. The second-order valence-corrected chi connectivity index (χ2v) is 8.71. The highest BCUT2D eigenvalue weighted by Crippen LogP contribution is 2.32. The van der Waals surface area contributed by atoms with Crippen LogP contribution < -0.4 is 14.4 Å². The van der Waals surface area contributed by atoms with Gasteiger partial charge in [-0.05, 0) is 61.2 Å². The van der Waals surface area contributed by atoms with E-state index in [1.807, 2.05) is 48.2 Å². The van der Waals surface area contributed by atoms with Gasteiger partial charge in [0.15, 0.2) is 11.5 Å². The number of fused-ring (bicyclic) bond motifs is 1. The number of ether oxygens (including phenoxy) is 2. The molecular formula is C27H31N3O3. The number of anilines is 1. The van der Waals surface area contributed by atoms with Crippen molar-refractivity contribution < 1.29 is 14.3 Å². The largest absolute Gasteiger partial charge is 0.493 e. The average molecular weight is 446 g/mol. The van der Waals surface area contributed by atoms with Crippen LogP contribution in [0.2, 0.25) is 0 Å². The van der Waals surface area contributed by atoms with Crippen molar-refractivity contribution in [3.05, 3.63) is 65.2 Å². The van der Waals surface area contributed by atoms with Crippen molar-refractivity contribution in [2.45, 2.75) is 32.4 Å². The summed E-state index contributed by atoms with van der Waals surface area (Å²) in [6.45, 7) is 2.60. The maximum absolute atomic E-state index is 13.2. The minimum absolute atomic E-state index is 0.000920. The second-order valence-electron chi connectivity index (χ2n) is 8.71. The van der Waals surface area contributed by atoms with Crippen molar-refractivity contribution in [3.8, 4) is 11.5 Å².